The predicted octanol–water partition coefficient (Wildman–Crippen LogP) is 2.45. The number of pyridine rings is 1. The smallest absolute Gasteiger partial charge is 0.228 e. The van der Waals surface area contributed by atoms with Gasteiger partial charge in [0, 0.05) is 56.5 Å². The lowest BCUT2D eigenvalue weighted by atomic mass is 10.0. The first kappa shape index (κ1) is 20.3. The molecule has 0 atom stereocenters. The molecule has 2 aliphatic rings. The molecule has 156 valence electrons. The molecule has 0 spiro atoms. The number of piperazine rings is 1. The fourth-order valence-electron chi connectivity index (χ4n) is 4.24. The summed E-state index contributed by atoms with van der Waals surface area (Å²) in [6, 6.07) is 11.5. The van der Waals surface area contributed by atoms with E-state index in [1.165, 1.54) is 11.1 Å². The van der Waals surface area contributed by atoms with Crippen LogP contribution in [-0.4, -0.2) is 58.6 Å². The summed E-state index contributed by atoms with van der Waals surface area (Å²) in [6.07, 6.45) is 5.71. The number of fused-ring (bicyclic) bond motifs is 1. The van der Waals surface area contributed by atoms with E-state index in [1.54, 1.807) is 16.0 Å². The zero-order valence-corrected chi connectivity index (χ0v) is 17.2. The summed E-state index contributed by atoms with van der Waals surface area (Å²) in [5.41, 5.74) is 4.09. The minimum Gasteiger partial charge on any atom is -0.339 e. The molecule has 1 fully saturated rings. The molecule has 0 N–H and O–H groups in total. The number of ketones is 1. The van der Waals surface area contributed by atoms with Crippen molar-refractivity contribution in [2.24, 2.45) is 0 Å². The zero-order valence-electron chi connectivity index (χ0n) is 17.2. The van der Waals surface area contributed by atoms with Gasteiger partial charge in [-0.25, -0.2) is 0 Å². The molecule has 1 aromatic carbocycles. The van der Waals surface area contributed by atoms with Crippen molar-refractivity contribution in [3.63, 3.8) is 0 Å². The van der Waals surface area contributed by atoms with Gasteiger partial charge in [0.15, 0.2) is 5.78 Å². The maximum atomic E-state index is 12.5. The average Bonchev–Trinajstić information content (AvgIpc) is 3.26. The fraction of sp³-hybridized carbons (Fsp3) is 0.417. The highest BCUT2D eigenvalue weighted by Crippen LogP contribution is 2.23. The molecule has 1 aromatic heterocycles. The number of amides is 2. The summed E-state index contributed by atoms with van der Waals surface area (Å²) >= 11 is 0. The second-order valence-corrected chi connectivity index (χ2v) is 8.02. The van der Waals surface area contributed by atoms with Crippen LogP contribution in [0, 0.1) is 0 Å². The summed E-state index contributed by atoms with van der Waals surface area (Å²) in [5.74, 6) is 0.0520. The topological polar surface area (TPSA) is 70.6 Å². The molecule has 1 aliphatic heterocycles. The van der Waals surface area contributed by atoms with Crippen molar-refractivity contribution in [3.8, 4) is 0 Å². The molecule has 6 nitrogen and oxygen atoms in total. The van der Waals surface area contributed by atoms with Gasteiger partial charge in [0.2, 0.25) is 11.8 Å². The Kier molecular flexibility index (Phi) is 6.21. The Balaban J connectivity index is 1.22. The molecular weight excluding hydrogens is 378 g/mol. The number of aryl methyl sites for hydroxylation is 2. The van der Waals surface area contributed by atoms with E-state index in [0.717, 1.165) is 25.0 Å². The van der Waals surface area contributed by atoms with Gasteiger partial charge in [-0.15, -0.1) is 0 Å². The first-order valence-electron chi connectivity index (χ1n) is 10.7. The highest BCUT2D eigenvalue weighted by molar-refractivity contribution is 5.98. The molecule has 0 unspecified atom stereocenters. The molecular formula is C24H27N3O3. The fourth-order valence-corrected chi connectivity index (χ4v) is 4.24. The van der Waals surface area contributed by atoms with Gasteiger partial charge in [0.05, 0.1) is 6.42 Å². The van der Waals surface area contributed by atoms with Crippen molar-refractivity contribution in [2.75, 3.05) is 26.2 Å². The van der Waals surface area contributed by atoms with Gasteiger partial charge >= 0.3 is 0 Å². The quantitative estimate of drug-likeness (QED) is 0.692. The highest BCUT2D eigenvalue weighted by Gasteiger charge is 2.25. The van der Waals surface area contributed by atoms with Crippen LogP contribution in [0.5, 0.6) is 0 Å². The number of Topliss-reactive ketones (excluding diaryl/α,β-unsaturated/α-hetero) is 1. The van der Waals surface area contributed by atoms with Crippen molar-refractivity contribution in [3.05, 3.63) is 65.0 Å². The molecule has 6 heteroatoms. The van der Waals surface area contributed by atoms with Gasteiger partial charge in [-0.3, -0.25) is 19.4 Å². The molecule has 0 bridgehead atoms. The average molecular weight is 405 g/mol. The third-order valence-electron chi connectivity index (χ3n) is 6.03. The van der Waals surface area contributed by atoms with E-state index in [2.05, 4.69) is 11.1 Å². The Morgan fingerprint density at radius 3 is 2.30 bits per heavy atom. The van der Waals surface area contributed by atoms with Crippen molar-refractivity contribution in [1.29, 1.82) is 0 Å². The van der Waals surface area contributed by atoms with Crippen molar-refractivity contribution < 1.29 is 14.4 Å². The van der Waals surface area contributed by atoms with Gasteiger partial charge in [-0.2, -0.15) is 0 Å². The first-order valence-corrected chi connectivity index (χ1v) is 10.7. The zero-order chi connectivity index (χ0) is 20.9. The number of aromatic nitrogens is 1. The van der Waals surface area contributed by atoms with E-state index in [-0.39, 0.29) is 36.9 Å². The molecule has 4 rings (SSSR count). The van der Waals surface area contributed by atoms with Gasteiger partial charge in [0.25, 0.3) is 0 Å². The standard InChI is InChI=1S/C24H27N3O3/c28-22(20-8-7-18-4-3-5-19(18)16-20)9-10-23(29)26-12-14-27(15-13-26)24(30)17-21-6-1-2-11-25-21/h1-2,6-8,11,16H,3-5,9-10,12-15,17H2. The van der Waals surface area contributed by atoms with Crippen molar-refractivity contribution in [1.82, 2.24) is 14.8 Å². The number of hydrogen-bond acceptors (Lipinski definition) is 4. The van der Waals surface area contributed by atoms with Crippen LogP contribution in [0.25, 0.3) is 0 Å². The normalized spacial score (nSPS) is 15.7. The van der Waals surface area contributed by atoms with Crippen LogP contribution in [0.15, 0.2) is 42.6 Å². The van der Waals surface area contributed by atoms with E-state index < -0.39 is 0 Å². The molecule has 0 radical (unpaired) electrons. The van der Waals surface area contributed by atoms with Crippen LogP contribution in [0.3, 0.4) is 0 Å². The number of hydrogen-bond donors (Lipinski definition) is 0. The van der Waals surface area contributed by atoms with Gasteiger partial charge < -0.3 is 9.80 Å². The van der Waals surface area contributed by atoms with Gasteiger partial charge in [0.1, 0.15) is 0 Å². The molecule has 1 aliphatic carbocycles. The third-order valence-corrected chi connectivity index (χ3v) is 6.03. The van der Waals surface area contributed by atoms with Crippen LogP contribution >= 0.6 is 0 Å². The molecule has 2 aromatic rings. The Morgan fingerprint density at radius 1 is 0.833 bits per heavy atom. The predicted molar refractivity (Wildman–Crippen MR) is 113 cm³/mol. The van der Waals surface area contributed by atoms with Crippen LogP contribution in [0.2, 0.25) is 0 Å². The van der Waals surface area contributed by atoms with E-state index in [0.29, 0.717) is 31.7 Å². The Hall–Kier alpha value is -3.02. The van der Waals surface area contributed by atoms with Crippen LogP contribution in [0.1, 0.15) is 46.4 Å². The summed E-state index contributed by atoms with van der Waals surface area (Å²) in [5, 5.41) is 0. The molecule has 30 heavy (non-hydrogen) atoms. The Morgan fingerprint density at radius 2 is 1.57 bits per heavy atom. The van der Waals surface area contributed by atoms with Gasteiger partial charge in [-0.05, 0) is 48.6 Å². The van der Waals surface area contributed by atoms with Crippen molar-refractivity contribution in [2.45, 2.75) is 38.5 Å². The monoisotopic (exact) mass is 405 g/mol. The minimum atomic E-state index is -0.0127. The maximum Gasteiger partial charge on any atom is 0.228 e. The number of nitrogens with zero attached hydrogens (tertiary/aromatic N) is 3. The number of rotatable bonds is 6. The van der Waals surface area contributed by atoms with E-state index in [9.17, 15) is 14.4 Å². The highest BCUT2D eigenvalue weighted by atomic mass is 16.2. The van der Waals surface area contributed by atoms with Crippen LogP contribution < -0.4 is 0 Å². The Bertz CT molecular complexity index is 934. The molecule has 0 saturated carbocycles. The number of benzene rings is 1. The lowest BCUT2D eigenvalue weighted by Gasteiger charge is -2.34. The molecule has 2 amide bonds. The number of carbonyl (C=O) groups excluding carboxylic acids is 3. The van der Waals surface area contributed by atoms with Crippen molar-refractivity contribution >= 4 is 17.6 Å². The van der Waals surface area contributed by atoms with E-state index >= 15 is 0 Å². The Labute approximate surface area is 176 Å². The summed E-state index contributed by atoms with van der Waals surface area (Å²) in [7, 11) is 0. The largest absolute Gasteiger partial charge is 0.339 e. The summed E-state index contributed by atoms with van der Waals surface area (Å²) in [6.45, 7) is 2.08. The molecule has 1 saturated heterocycles. The second-order valence-electron chi connectivity index (χ2n) is 8.02. The van der Waals surface area contributed by atoms with Gasteiger partial charge in [-0.1, -0.05) is 18.2 Å². The summed E-state index contributed by atoms with van der Waals surface area (Å²) < 4.78 is 0. The molecule has 2 heterocycles. The lowest BCUT2D eigenvalue weighted by molar-refractivity contribution is -0.139. The van der Waals surface area contributed by atoms with Crippen LogP contribution in [0.4, 0.5) is 0 Å². The van der Waals surface area contributed by atoms with E-state index in [4.69, 9.17) is 0 Å². The minimum absolute atomic E-state index is 0.0127. The van der Waals surface area contributed by atoms with Crippen LogP contribution in [-0.2, 0) is 28.9 Å². The third kappa shape index (κ3) is 4.75. The maximum absolute atomic E-state index is 12.5. The van der Waals surface area contributed by atoms with E-state index in [1.807, 2.05) is 30.3 Å². The second kappa shape index (κ2) is 9.20. The first-order chi connectivity index (χ1) is 14.6. The number of carbonyl (C=O) groups is 3. The SMILES string of the molecule is O=C(CCC(=O)N1CCN(C(=O)Cc2ccccn2)CC1)c1ccc2c(c1)CCC2. The summed E-state index contributed by atoms with van der Waals surface area (Å²) in [4.78, 5) is 45.2. The lowest BCUT2D eigenvalue weighted by Crippen LogP contribution is -2.51.